The smallest absolute Gasteiger partial charge is 0.129 e. The number of halogens is 2. The molecule has 0 amide bonds. The molecule has 1 aromatic rings. The van der Waals surface area contributed by atoms with Crippen LogP contribution in [0.15, 0.2) is 46.0 Å². The van der Waals surface area contributed by atoms with Crippen LogP contribution in [0.2, 0.25) is 5.02 Å². The molecule has 0 saturated heterocycles. The van der Waals surface area contributed by atoms with E-state index in [2.05, 4.69) is 16.9 Å². The van der Waals surface area contributed by atoms with Gasteiger partial charge in [0.05, 0.1) is 21.4 Å². The molecule has 0 heterocycles. The maximum atomic E-state index is 11.4. The molecule has 4 nitrogen and oxygen atoms in total. The first kappa shape index (κ1) is 18.7. The summed E-state index contributed by atoms with van der Waals surface area (Å²) in [6.45, 7) is 7.47. The van der Waals surface area contributed by atoms with Gasteiger partial charge in [-0.2, -0.15) is 0 Å². The zero-order chi connectivity index (χ0) is 16.9. The number of aliphatic imine (C=N–C) groups is 1. The van der Waals surface area contributed by atoms with Crippen molar-refractivity contribution in [1.82, 2.24) is 5.32 Å². The van der Waals surface area contributed by atoms with E-state index in [9.17, 15) is 4.21 Å². The first-order chi connectivity index (χ1) is 10.2. The Hall–Kier alpha value is -1.30. The van der Waals surface area contributed by atoms with Crippen molar-refractivity contribution < 1.29 is 4.21 Å². The second kappa shape index (κ2) is 8.36. The fourth-order valence-corrected chi connectivity index (χ4v) is 2.48. The van der Waals surface area contributed by atoms with Crippen LogP contribution < -0.4 is 11.1 Å². The Kier molecular flexibility index (Phi) is 7.13. The molecule has 1 unspecified atom stereocenters. The van der Waals surface area contributed by atoms with Crippen LogP contribution in [0.3, 0.4) is 0 Å². The lowest BCUT2D eigenvalue weighted by atomic mass is 10.1. The Morgan fingerprint density at radius 3 is 2.50 bits per heavy atom. The lowest BCUT2D eigenvalue weighted by Gasteiger charge is -2.15. The Balaban J connectivity index is 3.43. The van der Waals surface area contributed by atoms with E-state index >= 15 is 0 Å². The van der Waals surface area contributed by atoms with Crippen LogP contribution in [0.4, 0.5) is 0 Å². The van der Waals surface area contributed by atoms with Crippen molar-refractivity contribution in [3.05, 3.63) is 51.6 Å². The van der Waals surface area contributed by atoms with Gasteiger partial charge < -0.3 is 11.1 Å². The van der Waals surface area contributed by atoms with Crippen LogP contribution >= 0.6 is 23.2 Å². The van der Waals surface area contributed by atoms with E-state index in [1.165, 1.54) is 6.26 Å². The predicted molar refractivity (Wildman–Crippen MR) is 97.3 cm³/mol. The predicted octanol–water partition coefficient (Wildman–Crippen LogP) is 3.45. The molecule has 1 aromatic carbocycles. The summed E-state index contributed by atoms with van der Waals surface area (Å²) in [5, 5.41) is 3.73. The van der Waals surface area contributed by atoms with Gasteiger partial charge in [0, 0.05) is 22.9 Å². The summed E-state index contributed by atoms with van der Waals surface area (Å²) in [5.41, 5.74) is 7.16. The van der Waals surface area contributed by atoms with Crippen molar-refractivity contribution in [1.29, 1.82) is 0 Å². The summed E-state index contributed by atoms with van der Waals surface area (Å²) >= 11 is 12.6. The Morgan fingerprint density at radius 1 is 1.41 bits per heavy atom. The van der Waals surface area contributed by atoms with E-state index in [4.69, 9.17) is 28.9 Å². The van der Waals surface area contributed by atoms with Crippen LogP contribution in [0, 0.1) is 0 Å². The number of nitrogens with two attached hydrogens (primary N) is 1. The van der Waals surface area contributed by atoms with Gasteiger partial charge in [0.25, 0.3) is 0 Å². The summed E-state index contributed by atoms with van der Waals surface area (Å²) in [5.74, 6) is 0.246. The summed E-state index contributed by atoms with van der Waals surface area (Å²) in [6, 6.07) is 7.14. The summed E-state index contributed by atoms with van der Waals surface area (Å²) < 4.78 is 11.4. The molecule has 0 aromatic heterocycles. The van der Waals surface area contributed by atoms with Crippen LogP contribution in [0.5, 0.6) is 0 Å². The third-order valence-corrected chi connectivity index (χ3v) is 4.02. The molecule has 120 valence electrons. The van der Waals surface area contributed by atoms with Gasteiger partial charge in [-0.1, -0.05) is 48.0 Å². The van der Waals surface area contributed by atoms with Gasteiger partial charge in [-0.05, 0) is 19.9 Å². The minimum atomic E-state index is -1.27. The van der Waals surface area contributed by atoms with Crippen molar-refractivity contribution in [2.45, 2.75) is 19.9 Å². The van der Waals surface area contributed by atoms with E-state index in [1.54, 1.807) is 18.2 Å². The van der Waals surface area contributed by atoms with Crippen LogP contribution in [0.1, 0.15) is 19.4 Å². The standard InChI is InChI=1S/C15H19Cl2N3OS/c1-9(2)19-15(18)13(11-7-5-6-8-12(11)16)14(17)20-10(3)22(4)21/h5-9,20H,3H2,1-2,4H3,(H2,18,19). The number of rotatable bonds is 6. The highest BCUT2D eigenvalue weighted by Gasteiger charge is 2.16. The topological polar surface area (TPSA) is 67.5 Å². The molecule has 0 aliphatic rings. The highest BCUT2D eigenvalue weighted by atomic mass is 35.5. The van der Waals surface area contributed by atoms with Crippen LogP contribution in [-0.4, -0.2) is 22.3 Å². The number of hydrogen-bond donors (Lipinski definition) is 2. The molecule has 3 N–H and O–H groups in total. The van der Waals surface area contributed by atoms with E-state index in [0.717, 1.165) is 0 Å². The molecule has 0 aliphatic heterocycles. The summed E-state index contributed by atoms with van der Waals surface area (Å²) in [4.78, 5) is 4.32. The van der Waals surface area contributed by atoms with Crippen molar-refractivity contribution in [2.24, 2.45) is 10.7 Å². The van der Waals surface area contributed by atoms with Crippen LogP contribution in [-0.2, 0) is 10.8 Å². The largest absolute Gasteiger partial charge is 0.383 e. The SMILES string of the molecule is C=C(NC(Cl)=C(C(N)=NC(C)C)c1ccccc1Cl)S(C)=O. The zero-order valence-corrected chi connectivity index (χ0v) is 15.0. The number of nitrogens with zero attached hydrogens (tertiary/aromatic N) is 1. The molecule has 7 heteroatoms. The monoisotopic (exact) mass is 359 g/mol. The quantitative estimate of drug-likeness (QED) is 0.464. The lowest BCUT2D eigenvalue weighted by Crippen LogP contribution is -2.22. The van der Waals surface area contributed by atoms with E-state index in [1.807, 2.05) is 19.9 Å². The molecule has 0 aliphatic carbocycles. The highest BCUT2D eigenvalue weighted by Crippen LogP contribution is 2.28. The second-order valence-electron chi connectivity index (χ2n) is 4.78. The molecule has 1 atom stereocenters. The molecule has 1 rings (SSSR count). The molecule has 22 heavy (non-hydrogen) atoms. The molecule has 0 saturated carbocycles. The average molecular weight is 360 g/mol. The molecule has 0 spiro atoms. The van der Waals surface area contributed by atoms with Gasteiger partial charge in [-0.25, -0.2) is 0 Å². The summed E-state index contributed by atoms with van der Waals surface area (Å²) in [6.07, 6.45) is 1.50. The third kappa shape index (κ3) is 5.16. The lowest BCUT2D eigenvalue weighted by molar-refractivity contribution is 0.688. The summed E-state index contributed by atoms with van der Waals surface area (Å²) in [7, 11) is -1.27. The Morgan fingerprint density at radius 2 is 2.00 bits per heavy atom. The molecule has 0 fully saturated rings. The fourth-order valence-electron chi connectivity index (χ4n) is 1.63. The number of hydrogen-bond acceptors (Lipinski definition) is 3. The van der Waals surface area contributed by atoms with Gasteiger partial charge in [-0.15, -0.1) is 0 Å². The molecule has 0 radical (unpaired) electrons. The Bertz CT molecular complexity index is 654. The normalized spacial score (nSPS) is 14.5. The van der Waals surface area contributed by atoms with Crippen molar-refractivity contribution in [3.63, 3.8) is 0 Å². The minimum absolute atomic E-state index is 0.00883. The maximum absolute atomic E-state index is 11.4. The highest BCUT2D eigenvalue weighted by molar-refractivity contribution is 7.88. The number of amidine groups is 1. The molecular formula is C15H19Cl2N3OS. The number of benzene rings is 1. The Labute approximate surface area is 143 Å². The average Bonchev–Trinajstić information content (AvgIpc) is 2.40. The second-order valence-corrected chi connectivity index (χ2v) is 6.97. The van der Waals surface area contributed by atoms with Crippen molar-refractivity contribution in [2.75, 3.05) is 6.26 Å². The third-order valence-electron chi connectivity index (χ3n) is 2.61. The van der Waals surface area contributed by atoms with Gasteiger partial charge >= 0.3 is 0 Å². The van der Waals surface area contributed by atoms with Gasteiger partial charge in [0.2, 0.25) is 0 Å². The first-order valence-electron chi connectivity index (χ1n) is 6.51. The number of nitrogens with one attached hydrogen (secondary N) is 1. The van der Waals surface area contributed by atoms with E-state index in [-0.39, 0.29) is 22.1 Å². The van der Waals surface area contributed by atoms with E-state index in [0.29, 0.717) is 16.2 Å². The van der Waals surface area contributed by atoms with Crippen molar-refractivity contribution in [3.8, 4) is 0 Å². The zero-order valence-electron chi connectivity index (χ0n) is 12.7. The maximum Gasteiger partial charge on any atom is 0.129 e. The molecule has 0 bridgehead atoms. The fraction of sp³-hybridized carbons (Fsp3) is 0.267. The first-order valence-corrected chi connectivity index (χ1v) is 8.83. The van der Waals surface area contributed by atoms with Crippen LogP contribution in [0.25, 0.3) is 5.57 Å². The van der Waals surface area contributed by atoms with Gasteiger partial charge in [-0.3, -0.25) is 9.20 Å². The van der Waals surface area contributed by atoms with Gasteiger partial charge in [0.15, 0.2) is 0 Å². The van der Waals surface area contributed by atoms with Crippen molar-refractivity contribution >= 4 is 45.4 Å². The van der Waals surface area contributed by atoms with E-state index < -0.39 is 10.8 Å². The van der Waals surface area contributed by atoms with Gasteiger partial charge in [0.1, 0.15) is 11.0 Å². The molecular weight excluding hydrogens is 341 g/mol. The minimum Gasteiger partial charge on any atom is -0.383 e.